The third-order valence-electron chi connectivity index (χ3n) is 1.48. The van der Waals surface area contributed by atoms with E-state index in [4.69, 9.17) is 11.0 Å². The fraction of sp³-hybridized carbons (Fsp3) is 0.875. The standard InChI is InChI=1S/C8H17N3/c1-8(6-10)7-11-5-3-2-4-9/h8,11H,2-5,7,9H2,1H3. The quantitative estimate of drug-likeness (QED) is 0.548. The maximum Gasteiger partial charge on any atom is 0.0666 e. The molecule has 0 amide bonds. The van der Waals surface area contributed by atoms with Gasteiger partial charge in [0.25, 0.3) is 0 Å². The minimum absolute atomic E-state index is 0.118. The van der Waals surface area contributed by atoms with E-state index in [2.05, 4.69) is 11.4 Å². The second-order valence-electron chi connectivity index (χ2n) is 2.73. The Morgan fingerprint density at radius 1 is 1.55 bits per heavy atom. The van der Waals surface area contributed by atoms with E-state index in [0.29, 0.717) is 0 Å². The Morgan fingerprint density at radius 3 is 2.82 bits per heavy atom. The Balaban J connectivity index is 2.97. The molecule has 0 aliphatic carbocycles. The minimum atomic E-state index is 0.118. The van der Waals surface area contributed by atoms with Gasteiger partial charge in [-0.2, -0.15) is 5.26 Å². The molecule has 0 aliphatic heterocycles. The second-order valence-corrected chi connectivity index (χ2v) is 2.73. The van der Waals surface area contributed by atoms with Crippen molar-refractivity contribution in [3.05, 3.63) is 0 Å². The van der Waals surface area contributed by atoms with Gasteiger partial charge in [-0.15, -0.1) is 0 Å². The smallest absolute Gasteiger partial charge is 0.0666 e. The zero-order valence-corrected chi connectivity index (χ0v) is 7.14. The van der Waals surface area contributed by atoms with Crippen LogP contribution in [0, 0.1) is 17.2 Å². The Bertz CT molecular complexity index is 117. The number of nitrogens with zero attached hydrogens (tertiary/aromatic N) is 1. The van der Waals surface area contributed by atoms with Crippen LogP contribution in [-0.2, 0) is 0 Å². The molecule has 3 nitrogen and oxygen atoms in total. The Labute approximate surface area is 68.6 Å². The molecule has 11 heavy (non-hydrogen) atoms. The molecule has 3 heteroatoms. The van der Waals surface area contributed by atoms with Crippen LogP contribution in [0.25, 0.3) is 0 Å². The van der Waals surface area contributed by atoms with Crippen molar-refractivity contribution in [3.63, 3.8) is 0 Å². The molecule has 0 aliphatic rings. The highest BCUT2D eigenvalue weighted by atomic mass is 14.8. The SMILES string of the molecule is CC(C#N)CNCCCCN. The topological polar surface area (TPSA) is 61.8 Å². The average Bonchev–Trinajstić information content (AvgIpc) is 2.04. The average molecular weight is 155 g/mol. The fourth-order valence-electron chi connectivity index (χ4n) is 0.759. The molecule has 0 aromatic rings. The predicted octanol–water partition coefficient (Wildman–Crippen LogP) is 0.475. The molecule has 0 bridgehead atoms. The van der Waals surface area contributed by atoms with Gasteiger partial charge >= 0.3 is 0 Å². The summed E-state index contributed by atoms with van der Waals surface area (Å²) in [7, 11) is 0. The van der Waals surface area contributed by atoms with Crippen molar-refractivity contribution < 1.29 is 0 Å². The maximum atomic E-state index is 8.43. The summed E-state index contributed by atoms with van der Waals surface area (Å²) in [5, 5.41) is 11.6. The summed E-state index contributed by atoms with van der Waals surface area (Å²) in [6.07, 6.45) is 2.17. The van der Waals surface area contributed by atoms with E-state index in [-0.39, 0.29) is 5.92 Å². The molecule has 0 fully saturated rings. The number of hydrogen-bond donors (Lipinski definition) is 2. The number of hydrogen-bond acceptors (Lipinski definition) is 3. The van der Waals surface area contributed by atoms with E-state index in [9.17, 15) is 0 Å². The molecule has 3 N–H and O–H groups in total. The van der Waals surface area contributed by atoms with Crippen LogP contribution in [-0.4, -0.2) is 19.6 Å². The summed E-state index contributed by atoms with van der Waals surface area (Å²) >= 11 is 0. The summed E-state index contributed by atoms with van der Waals surface area (Å²) in [5.74, 6) is 0.118. The van der Waals surface area contributed by atoms with Crippen LogP contribution in [0.5, 0.6) is 0 Å². The molecule has 0 aromatic heterocycles. The highest BCUT2D eigenvalue weighted by Gasteiger charge is 1.96. The van der Waals surface area contributed by atoms with Gasteiger partial charge in [0.1, 0.15) is 0 Å². The first-order chi connectivity index (χ1) is 5.31. The molecule has 1 atom stereocenters. The van der Waals surface area contributed by atoms with Crippen molar-refractivity contribution in [3.8, 4) is 6.07 Å². The summed E-state index contributed by atoms with van der Waals surface area (Å²) in [5.41, 5.74) is 5.32. The summed E-state index contributed by atoms with van der Waals surface area (Å²) < 4.78 is 0. The highest BCUT2D eigenvalue weighted by Crippen LogP contribution is 1.88. The molecule has 0 heterocycles. The van der Waals surface area contributed by atoms with Crippen LogP contribution in [0.2, 0.25) is 0 Å². The molecule has 1 unspecified atom stereocenters. The van der Waals surface area contributed by atoms with Crippen molar-refractivity contribution in [1.82, 2.24) is 5.32 Å². The number of rotatable bonds is 6. The van der Waals surface area contributed by atoms with Crippen LogP contribution in [0.4, 0.5) is 0 Å². The van der Waals surface area contributed by atoms with Gasteiger partial charge in [0, 0.05) is 6.54 Å². The van der Waals surface area contributed by atoms with Gasteiger partial charge in [0.2, 0.25) is 0 Å². The number of nitriles is 1. The lowest BCUT2D eigenvalue weighted by molar-refractivity contribution is 0.574. The lowest BCUT2D eigenvalue weighted by Crippen LogP contribution is -2.21. The van der Waals surface area contributed by atoms with Gasteiger partial charge in [-0.05, 0) is 32.9 Å². The second kappa shape index (κ2) is 7.52. The van der Waals surface area contributed by atoms with Crippen molar-refractivity contribution in [2.75, 3.05) is 19.6 Å². The Hall–Kier alpha value is -0.590. The van der Waals surface area contributed by atoms with Crippen molar-refractivity contribution in [2.45, 2.75) is 19.8 Å². The van der Waals surface area contributed by atoms with Crippen LogP contribution in [0.1, 0.15) is 19.8 Å². The molecule has 0 radical (unpaired) electrons. The van der Waals surface area contributed by atoms with Crippen LogP contribution in [0.3, 0.4) is 0 Å². The number of nitrogens with one attached hydrogen (secondary N) is 1. The monoisotopic (exact) mass is 155 g/mol. The zero-order valence-electron chi connectivity index (χ0n) is 7.14. The van der Waals surface area contributed by atoms with Gasteiger partial charge in [0.15, 0.2) is 0 Å². The first-order valence-corrected chi connectivity index (χ1v) is 4.11. The molecule has 0 saturated heterocycles. The Morgan fingerprint density at radius 2 is 2.27 bits per heavy atom. The third kappa shape index (κ3) is 7.31. The Kier molecular flexibility index (Phi) is 7.11. The molecule has 0 rings (SSSR count). The van der Waals surface area contributed by atoms with E-state index in [1.165, 1.54) is 0 Å². The van der Waals surface area contributed by atoms with E-state index in [1.807, 2.05) is 6.92 Å². The number of nitrogens with two attached hydrogens (primary N) is 1. The number of unbranched alkanes of at least 4 members (excludes halogenated alkanes) is 1. The first-order valence-electron chi connectivity index (χ1n) is 4.11. The van der Waals surface area contributed by atoms with Gasteiger partial charge in [-0.3, -0.25) is 0 Å². The largest absolute Gasteiger partial charge is 0.330 e. The molecule has 0 spiro atoms. The lowest BCUT2D eigenvalue weighted by atomic mass is 10.2. The van der Waals surface area contributed by atoms with E-state index in [0.717, 1.165) is 32.5 Å². The van der Waals surface area contributed by atoms with Crippen molar-refractivity contribution in [1.29, 1.82) is 5.26 Å². The van der Waals surface area contributed by atoms with E-state index < -0.39 is 0 Å². The summed E-state index contributed by atoms with van der Waals surface area (Å²) in [6, 6.07) is 2.17. The van der Waals surface area contributed by atoms with Gasteiger partial charge < -0.3 is 11.1 Å². The third-order valence-corrected chi connectivity index (χ3v) is 1.48. The molecule has 0 saturated carbocycles. The summed E-state index contributed by atoms with van der Waals surface area (Å²) in [4.78, 5) is 0. The summed E-state index contributed by atoms with van der Waals surface area (Å²) in [6.45, 7) is 4.44. The molecule has 0 aromatic carbocycles. The van der Waals surface area contributed by atoms with Crippen LogP contribution < -0.4 is 11.1 Å². The molecular formula is C8H17N3. The highest BCUT2D eigenvalue weighted by molar-refractivity contribution is 4.79. The minimum Gasteiger partial charge on any atom is -0.330 e. The molecule has 64 valence electrons. The normalized spacial score (nSPS) is 12.5. The lowest BCUT2D eigenvalue weighted by Gasteiger charge is -2.04. The van der Waals surface area contributed by atoms with Gasteiger partial charge in [0.05, 0.1) is 12.0 Å². The molecular weight excluding hydrogens is 138 g/mol. The van der Waals surface area contributed by atoms with Gasteiger partial charge in [-0.25, -0.2) is 0 Å². The zero-order chi connectivity index (χ0) is 8.53. The van der Waals surface area contributed by atoms with E-state index in [1.54, 1.807) is 0 Å². The van der Waals surface area contributed by atoms with Crippen LogP contribution in [0.15, 0.2) is 0 Å². The van der Waals surface area contributed by atoms with Crippen molar-refractivity contribution in [2.24, 2.45) is 11.7 Å². The van der Waals surface area contributed by atoms with E-state index >= 15 is 0 Å². The van der Waals surface area contributed by atoms with Gasteiger partial charge in [-0.1, -0.05) is 0 Å². The maximum absolute atomic E-state index is 8.43. The van der Waals surface area contributed by atoms with Crippen LogP contribution >= 0.6 is 0 Å². The first kappa shape index (κ1) is 10.4. The predicted molar refractivity (Wildman–Crippen MR) is 45.9 cm³/mol. The van der Waals surface area contributed by atoms with Crippen molar-refractivity contribution >= 4 is 0 Å². The fourth-order valence-corrected chi connectivity index (χ4v) is 0.759.